The summed E-state index contributed by atoms with van der Waals surface area (Å²) >= 11 is 5.32. The molecule has 1 aromatic carbocycles. The lowest BCUT2D eigenvalue weighted by atomic mass is 10.2. The summed E-state index contributed by atoms with van der Waals surface area (Å²) in [5, 5.41) is 4.39. The van der Waals surface area contributed by atoms with Gasteiger partial charge in [-0.2, -0.15) is 0 Å². The van der Waals surface area contributed by atoms with Gasteiger partial charge < -0.3 is 11.1 Å². The molecule has 0 saturated heterocycles. The van der Waals surface area contributed by atoms with Crippen LogP contribution < -0.4 is 16.4 Å². The average molecular weight is 256 g/mol. The molecule has 0 unspecified atom stereocenters. The van der Waals surface area contributed by atoms with Crippen molar-refractivity contribution in [1.29, 1.82) is 0 Å². The third kappa shape index (κ3) is 4.12. The van der Waals surface area contributed by atoms with Gasteiger partial charge in [-0.25, -0.2) is 4.79 Å². The minimum absolute atomic E-state index is 0.183. The fraction of sp³-hybridized carbons (Fsp3) is 0.100. The van der Waals surface area contributed by atoms with E-state index in [9.17, 15) is 14.4 Å². The number of hydrogen-bond acceptors (Lipinski definition) is 3. The Morgan fingerprint density at radius 2 is 2.00 bits per heavy atom. The minimum Gasteiger partial charge on any atom is -0.351 e. The molecule has 0 aromatic heterocycles. The second-order valence-electron chi connectivity index (χ2n) is 3.08. The van der Waals surface area contributed by atoms with Gasteiger partial charge in [-0.1, -0.05) is 6.07 Å². The fourth-order valence-electron chi connectivity index (χ4n) is 1.12. The van der Waals surface area contributed by atoms with Crippen molar-refractivity contribution in [3.8, 4) is 0 Å². The van der Waals surface area contributed by atoms with E-state index in [0.29, 0.717) is 5.69 Å². The zero-order valence-electron chi connectivity index (χ0n) is 8.70. The summed E-state index contributed by atoms with van der Waals surface area (Å²) < 4.78 is 0. The number of alkyl halides is 1. The van der Waals surface area contributed by atoms with E-state index in [1.807, 2.05) is 5.32 Å². The standard InChI is InChI=1S/C10H10ClN3O3/c11-5-8(15)13-7-3-1-2-6(4-7)9(16)14-10(12)17/h1-4H,5H2,(H,13,15)(H3,12,14,16,17). The first kappa shape index (κ1) is 13.0. The van der Waals surface area contributed by atoms with Crippen molar-refractivity contribution in [3.63, 3.8) is 0 Å². The van der Waals surface area contributed by atoms with E-state index in [4.69, 9.17) is 17.3 Å². The SMILES string of the molecule is NC(=O)NC(=O)c1cccc(NC(=O)CCl)c1. The predicted octanol–water partition coefficient (Wildman–Crippen LogP) is 0.672. The van der Waals surface area contributed by atoms with E-state index in [2.05, 4.69) is 5.32 Å². The third-order valence-electron chi connectivity index (χ3n) is 1.77. The number of nitrogens with two attached hydrogens (primary N) is 1. The molecule has 0 aliphatic carbocycles. The molecular weight excluding hydrogens is 246 g/mol. The zero-order valence-corrected chi connectivity index (χ0v) is 9.45. The molecule has 7 heteroatoms. The van der Waals surface area contributed by atoms with E-state index in [-0.39, 0.29) is 17.4 Å². The van der Waals surface area contributed by atoms with Crippen LogP contribution >= 0.6 is 11.6 Å². The largest absolute Gasteiger partial charge is 0.351 e. The molecule has 0 saturated carbocycles. The molecule has 6 nitrogen and oxygen atoms in total. The molecule has 1 rings (SSSR count). The van der Waals surface area contributed by atoms with Crippen molar-refractivity contribution in [2.75, 3.05) is 11.2 Å². The molecule has 17 heavy (non-hydrogen) atoms. The van der Waals surface area contributed by atoms with Crippen molar-refractivity contribution in [1.82, 2.24) is 5.32 Å². The Hall–Kier alpha value is -2.08. The van der Waals surface area contributed by atoms with Crippen LogP contribution in [0.25, 0.3) is 0 Å². The van der Waals surface area contributed by atoms with Gasteiger partial charge in [0.2, 0.25) is 5.91 Å². The summed E-state index contributed by atoms with van der Waals surface area (Å²) in [7, 11) is 0. The van der Waals surface area contributed by atoms with Crippen molar-refractivity contribution < 1.29 is 14.4 Å². The molecule has 4 amide bonds. The van der Waals surface area contributed by atoms with Gasteiger partial charge in [0, 0.05) is 11.3 Å². The first-order chi connectivity index (χ1) is 8.02. The van der Waals surface area contributed by atoms with Crippen LogP contribution in [0.2, 0.25) is 0 Å². The summed E-state index contributed by atoms with van der Waals surface area (Å²) in [5.41, 5.74) is 5.43. The Morgan fingerprint density at radius 3 is 2.59 bits per heavy atom. The Labute approximate surface area is 102 Å². The van der Waals surface area contributed by atoms with Crippen molar-refractivity contribution in [3.05, 3.63) is 29.8 Å². The topological polar surface area (TPSA) is 101 Å². The summed E-state index contributed by atoms with van der Waals surface area (Å²) in [6.45, 7) is 0. The number of hydrogen-bond donors (Lipinski definition) is 3. The Kier molecular flexibility index (Phi) is 4.47. The molecule has 0 fully saturated rings. The number of nitrogens with one attached hydrogen (secondary N) is 2. The second kappa shape index (κ2) is 5.86. The van der Waals surface area contributed by atoms with Gasteiger partial charge in [0.25, 0.3) is 5.91 Å². The van der Waals surface area contributed by atoms with Crippen LogP contribution in [0.4, 0.5) is 10.5 Å². The number of urea groups is 1. The normalized spacial score (nSPS) is 9.47. The quantitative estimate of drug-likeness (QED) is 0.692. The van der Waals surface area contributed by atoms with Gasteiger partial charge in [0.15, 0.2) is 0 Å². The number of rotatable bonds is 3. The fourth-order valence-corrected chi connectivity index (χ4v) is 1.18. The summed E-state index contributed by atoms with van der Waals surface area (Å²) in [6, 6.07) is 5.09. The van der Waals surface area contributed by atoms with Crippen molar-refractivity contribution in [2.45, 2.75) is 0 Å². The highest BCUT2D eigenvalue weighted by Crippen LogP contribution is 2.10. The highest BCUT2D eigenvalue weighted by atomic mass is 35.5. The van der Waals surface area contributed by atoms with Crippen LogP contribution in [-0.4, -0.2) is 23.7 Å². The highest BCUT2D eigenvalue weighted by Gasteiger charge is 2.08. The molecule has 0 aliphatic heterocycles. The van der Waals surface area contributed by atoms with Crippen LogP contribution in [0, 0.1) is 0 Å². The average Bonchev–Trinajstić information content (AvgIpc) is 2.28. The van der Waals surface area contributed by atoms with Crippen LogP contribution in [-0.2, 0) is 4.79 Å². The van der Waals surface area contributed by atoms with Crippen molar-refractivity contribution in [2.24, 2.45) is 5.73 Å². The summed E-state index contributed by atoms with van der Waals surface area (Å²) in [6.07, 6.45) is 0. The van der Waals surface area contributed by atoms with Gasteiger partial charge in [-0.3, -0.25) is 14.9 Å². The number of benzene rings is 1. The molecular formula is C10H10ClN3O3. The first-order valence-electron chi connectivity index (χ1n) is 4.59. The lowest BCUT2D eigenvalue weighted by molar-refractivity contribution is -0.113. The van der Waals surface area contributed by atoms with Crippen LogP contribution in [0.1, 0.15) is 10.4 Å². The molecule has 0 atom stereocenters. The summed E-state index contributed by atoms with van der Waals surface area (Å²) in [4.78, 5) is 32.9. The Morgan fingerprint density at radius 1 is 1.29 bits per heavy atom. The number of carbonyl (C=O) groups is 3. The predicted molar refractivity (Wildman–Crippen MR) is 62.8 cm³/mol. The highest BCUT2D eigenvalue weighted by molar-refractivity contribution is 6.29. The van der Waals surface area contributed by atoms with Gasteiger partial charge in [-0.15, -0.1) is 11.6 Å². The van der Waals surface area contributed by atoms with E-state index >= 15 is 0 Å². The van der Waals surface area contributed by atoms with Crippen LogP contribution in [0.5, 0.6) is 0 Å². The van der Waals surface area contributed by atoms with E-state index in [1.165, 1.54) is 12.1 Å². The number of primary amides is 1. The molecule has 4 N–H and O–H groups in total. The maximum atomic E-state index is 11.4. The van der Waals surface area contributed by atoms with E-state index in [1.54, 1.807) is 12.1 Å². The summed E-state index contributed by atoms with van der Waals surface area (Å²) in [5.74, 6) is -1.21. The van der Waals surface area contributed by atoms with E-state index < -0.39 is 11.9 Å². The number of halogens is 1. The number of carbonyl (C=O) groups excluding carboxylic acids is 3. The van der Waals surface area contributed by atoms with Crippen LogP contribution in [0.3, 0.4) is 0 Å². The van der Waals surface area contributed by atoms with Gasteiger partial charge in [-0.05, 0) is 18.2 Å². The van der Waals surface area contributed by atoms with Crippen LogP contribution in [0.15, 0.2) is 24.3 Å². The Bertz CT molecular complexity index is 462. The molecule has 0 bridgehead atoms. The van der Waals surface area contributed by atoms with Gasteiger partial charge in [0.05, 0.1) is 0 Å². The lowest BCUT2D eigenvalue weighted by Crippen LogP contribution is -2.34. The number of anilines is 1. The molecule has 0 heterocycles. The monoisotopic (exact) mass is 255 g/mol. The molecule has 0 radical (unpaired) electrons. The van der Waals surface area contributed by atoms with E-state index in [0.717, 1.165) is 0 Å². The Balaban J connectivity index is 2.82. The molecule has 0 aliphatic rings. The molecule has 1 aromatic rings. The van der Waals surface area contributed by atoms with Gasteiger partial charge in [0.1, 0.15) is 5.88 Å². The van der Waals surface area contributed by atoms with Gasteiger partial charge >= 0.3 is 6.03 Å². The maximum absolute atomic E-state index is 11.4. The number of imide groups is 1. The molecule has 0 spiro atoms. The third-order valence-corrected chi connectivity index (χ3v) is 2.01. The number of amides is 4. The molecule has 90 valence electrons. The smallest absolute Gasteiger partial charge is 0.319 e. The first-order valence-corrected chi connectivity index (χ1v) is 5.13. The lowest BCUT2D eigenvalue weighted by Gasteiger charge is -2.05. The maximum Gasteiger partial charge on any atom is 0.319 e. The second-order valence-corrected chi connectivity index (χ2v) is 3.35. The minimum atomic E-state index is -0.940. The van der Waals surface area contributed by atoms with Crippen molar-refractivity contribution >= 4 is 35.1 Å². The zero-order chi connectivity index (χ0) is 12.8.